The van der Waals surface area contributed by atoms with Gasteiger partial charge >= 0.3 is 6.09 Å². The van der Waals surface area contributed by atoms with E-state index in [1.807, 2.05) is 44.5 Å². The van der Waals surface area contributed by atoms with Gasteiger partial charge in [-0.2, -0.15) is 0 Å². The second kappa shape index (κ2) is 10.5. The molecule has 1 saturated carbocycles. The molecule has 0 bridgehead atoms. The molecule has 0 radical (unpaired) electrons. The van der Waals surface area contributed by atoms with Crippen molar-refractivity contribution in [2.45, 2.75) is 64.6 Å². The normalized spacial score (nSPS) is 17.5. The number of aromatic nitrogens is 4. The first kappa shape index (κ1) is 27.7. The minimum atomic E-state index is -0.632. The highest BCUT2D eigenvalue weighted by atomic mass is 16.6. The molecule has 220 valence electrons. The molecule has 4 heterocycles. The third kappa shape index (κ3) is 5.43. The summed E-state index contributed by atoms with van der Waals surface area (Å²) in [6.45, 7) is 7.15. The molecule has 0 unspecified atom stereocenters. The number of fused-ring (bicyclic) bond motifs is 2. The number of aryl methyl sites for hydroxylation is 1. The van der Waals surface area contributed by atoms with Crippen LogP contribution in [-0.4, -0.2) is 66.6 Å². The largest absolute Gasteiger partial charge is 0.444 e. The van der Waals surface area contributed by atoms with Gasteiger partial charge in [-0.3, -0.25) is 9.59 Å². The van der Waals surface area contributed by atoms with Crippen molar-refractivity contribution in [2.75, 3.05) is 13.1 Å². The number of amides is 3. The monoisotopic (exact) mass is 571 g/mol. The minimum Gasteiger partial charge on any atom is -0.444 e. The topological polar surface area (TPSA) is 137 Å². The van der Waals surface area contributed by atoms with Crippen LogP contribution in [0.1, 0.15) is 67.2 Å². The molecule has 2 fully saturated rings. The van der Waals surface area contributed by atoms with Crippen molar-refractivity contribution in [3.63, 3.8) is 0 Å². The van der Waals surface area contributed by atoms with E-state index < -0.39 is 17.6 Å². The first-order chi connectivity index (χ1) is 20.0. The fraction of sp³-hybridized carbons (Fsp3) is 0.452. The minimum absolute atomic E-state index is 0.236. The molecule has 2 aliphatic rings. The Balaban J connectivity index is 1.34. The van der Waals surface area contributed by atoms with E-state index in [0.29, 0.717) is 41.4 Å². The number of carbonyl (C=O) groups excluding carboxylic acids is 3. The number of piperidine rings is 1. The number of nitrogens with zero attached hydrogens (tertiary/aromatic N) is 5. The van der Waals surface area contributed by atoms with Crippen LogP contribution in [0.5, 0.6) is 0 Å². The van der Waals surface area contributed by atoms with Gasteiger partial charge < -0.3 is 29.8 Å². The number of primary amides is 1. The predicted octanol–water partition coefficient (Wildman–Crippen LogP) is 4.23. The van der Waals surface area contributed by atoms with Crippen LogP contribution in [-0.2, 0) is 18.3 Å². The van der Waals surface area contributed by atoms with Crippen LogP contribution in [0.4, 0.5) is 4.79 Å². The molecular weight excluding hydrogens is 534 g/mol. The highest BCUT2D eigenvalue weighted by Crippen LogP contribution is 2.36. The molecule has 6 rings (SSSR count). The van der Waals surface area contributed by atoms with Crippen LogP contribution in [0.3, 0.4) is 0 Å². The lowest BCUT2D eigenvalue weighted by atomic mass is 10.0. The van der Waals surface area contributed by atoms with Crippen LogP contribution in [0.2, 0.25) is 0 Å². The molecule has 1 aliphatic heterocycles. The van der Waals surface area contributed by atoms with Crippen LogP contribution in [0, 0.1) is 5.92 Å². The predicted molar refractivity (Wildman–Crippen MR) is 159 cm³/mol. The average molecular weight is 572 g/mol. The fourth-order valence-corrected chi connectivity index (χ4v) is 5.84. The second-order valence-electron chi connectivity index (χ2n) is 12.5. The Morgan fingerprint density at radius 1 is 1.14 bits per heavy atom. The summed E-state index contributed by atoms with van der Waals surface area (Å²) >= 11 is 0. The van der Waals surface area contributed by atoms with Crippen LogP contribution in [0.25, 0.3) is 33.6 Å². The summed E-state index contributed by atoms with van der Waals surface area (Å²) in [6.07, 6.45) is 5.13. The van der Waals surface area contributed by atoms with E-state index in [9.17, 15) is 14.4 Å². The maximum atomic E-state index is 13.7. The van der Waals surface area contributed by atoms with Crippen LogP contribution >= 0.6 is 0 Å². The van der Waals surface area contributed by atoms with E-state index in [2.05, 4.69) is 20.9 Å². The highest BCUT2D eigenvalue weighted by molar-refractivity contribution is 6.09. The SMILES string of the molecule is Cn1c(-c2cc3cccnc3n2CC2CC2)nc2cc(C(=O)N3CCC[C@@H](NC(=O)OC(C)(C)C)C3)cc(C(N)=O)c21. The van der Waals surface area contributed by atoms with E-state index in [0.717, 1.165) is 36.1 Å². The zero-order valence-electron chi connectivity index (χ0n) is 24.5. The Morgan fingerprint density at radius 3 is 2.64 bits per heavy atom. The van der Waals surface area contributed by atoms with E-state index in [1.54, 1.807) is 23.2 Å². The van der Waals surface area contributed by atoms with Gasteiger partial charge in [0.15, 0.2) is 5.82 Å². The summed E-state index contributed by atoms with van der Waals surface area (Å²) in [5.41, 5.74) is 8.71. The smallest absolute Gasteiger partial charge is 0.407 e. The molecule has 0 spiro atoms. The van der Waals surface area contributed by atoms with E-state index in [4.69, 9.17) is 15.5 Å². The summed E-state index contributed by atoms with van der Waals surface area (Å²) in [5.74, 6) is 0.414. The molecule has 1 saturated heterocycles. The number of ether oxygens (including phenoxy) is 1. The number of pyridine rings is 1. The number of rotatable bonds is 6. The van der Waals surface area contributed by atoms with Gasteiger partial charge in [0.1, 0.15) is 11.2 Å². The van der Waals surface area contributed by atoms with E-state index in [1.165, 1.54) is 12.8 Å². The van der Waals surface area contributed by atoms with Gasteiger partial charge in [0.05, 0.1) is 22.3 Å². The van der Waals surface area contributed by atoms with Gasteiger partial charge in [0.2, 0.25) is 0 Å². The number of nitrogens with two attached hydrogens (primary N) is 1. The van der Waals surface area contributed by atoms with Crippen molar-refractivity contribution in [2.24, 2.45) is 18.7 Å². The van der Waals surface area contributed by atoms with Crippen molar-refractivity contribution < 1.29 is 19.1 Å². The maximum Gasteiger partial charge on any atom is 0.407 e. The summed E-state index contributed by atoms with van der Waals surface area (Å²) in [4.78, 5) is 50.0. The van der Waals surface area contributed by atoms with E-state index in [-0.39, 0.29) is 17.5 Å². The number of hydrogen-bond acceptors (Lipinski definition) is 6. The molecule has 1 aromatic carbocycles. The summed E-state index contributed by atoms with van der Waals surface area (Å²) in [6, 6.07) is 9.08. The summed E-state index contributed by atoms with van der Waals surface area (Å²) < 4.78 is 9.47. The van der Waals surface area contributed by atoms with Gasteiger partial charge in [0.25, 0.3) is 11.8 Å². The number of alkyl carbamates (subject to hydrolysis) is 1. The number of hydrogen-bond donors (Lipinski definition) is 2. The van der Waals surface area contributed by atoms with Gasteiger partial charge in [0, 0.05) is 49.9 Å². The van der Waals surface area contributed by atoms with Gasteiger partial charge in [-0.15, -0.1) is 0 Å². The van der Waals surface area contributed by atoms with Gasteiger partial charge in [-0.05, 0) is 82.7 Å². The van der Waals surface area contributed by atoms with Crippen molar-refractivity contribution in [3.8, 4) is 11.5 Å². The van der Waals surface area contributed by atoms with Gasteiger partial charge in [-0.1, -0.05) is 0 Å². The highest BCUT2D eigenvalue weighted by Gasteiger charge is 2.30. The molecule has 11 nitrogen and oxygen atoms in total. The number of nitrogens with one attached hydrogen (secondary N) is 1. The number of carbonyl (C=O) groups is 3. The van der Waals surface area contributed by atoms with Crippen molar-refractivity contribution in [3.05, 3.63) is 47.7 Å². The zero-order valence-corrected chi connectivity index (χ0v) is 24.5. The maximum absolute atomic E-state index is 13.7. The molecule has 11 heteroatoms. The molecule has 3 N–H and O–H groups in total. The quantitative estimate of drug-likeness (QED) is 0.355. The molecular formula is C31H37N7O4. The Bertz CT molecular complexity index is 1710. The molecule has 3 aromatic heterocycles. The molecule has 1 aliphatic carbocycles. The Labute approximate surface area is 244 Å². The zero-order chi connectivity index (χ0) is 29.8. The molecule has 4 aromatic rings. The molecule has 3 amide bonds. The lowest BCUT2D eigenvalue weighted by Gasteiger charge is -2.33. The molecule has 42 heavy (non-hydrogen) atoms. The first-order valence-corrected chi connectivity index (χ1v) is 14.5. The lowest BCUT2D eigenvalue weighted by molar-refractivity contribution is 0.0452. The van der Waals surface area contributed by atoms with Crippen molar-refractivity contribution >= 4 is 40.0 Å². The number of imidazole rings is 1. The van der Waals surface area contributed by atoms with Crippen LogP contribution in [0.15, 0.2) is 36.5 Å². The summed E-state index contributed by atoms with van der Waals surface area (Å²) in [7, 11) is 1.86. The first-order valence-electron chi connectivity index (χ1n) is 14.5. The third-order valence-electron chi connectivity index (χ3n) is 7.93. The fourth-order valence-electron chi connectivity index (χ4n) is 5.84. The Morgan fingerprint density at radius 2 is 1.93 bits per heavy atom. The average Bonchev–Trinajstić information content (AvgIpc) is 3.60. The Kier molecular flexibility index (Phi) is 6.90. The summed E-state index contributed by atoms with van der Waals surface area (Å²) in [5, 5.41) is 3.90. The standard InChI is InChI=1S/C31H37N7O4/c1-31(2,3)42-30(41)34-21-8-6-12-37(17-21)29(40)20-13-22(26(32)39)25-23(14-20)35-28(36(25)4)24-15-19-7-5-11-33-27(19)38(24)16-18-9-10-18/h5,7,11,13-15,18,21H,6,8-10,12,16-17H2,1-4H3,(H2,32,39)(H,34,41)/t21-/m1/s1. The van der Waals surface area contributed by atoms with Gasteiger partial charge in [-0.25, -0.2) is 14.8 Å². The number of likely N-dealkylation sites (tertiary alicyclic amines) is 1. The van der Waals surface area contributed by atoms with Crippen molar-refractivity contribution in [1.82, 2.24) is 29.3 Å². The molecule has 1 atom stereocenters. The Hall–Kier alpha value is -4.41. The van der Waals surface area contributed by atoms with E-state index >= 15 is 0 Å². The second-order valence-corrected chi connectivity index (χ2v) is 12.5. The lowest BCUT2D eigenvalue weighted by Crippen LogP contribution is -2.50. The third-order valence-corrected chi connectivity index (χ3v) is 7.93. The van der Waals surface area contributed by atoms with Crippen molar-refractivity contribution in [1.29, 1.82) is 0 Å². The number of benzene rings is 1. The van der Waals surface area contributed by atoms with Crippen LogP contribution < -0.4 is 11.1 Å².